The molecule has 1 heterocycles. The fourth-order valence-corrected chi connectivity index (χ4v) is 2.87. The van der Waals surface area contributed by atoms with Crippen LogP contribution < -0.4 is 4.74 Å². The highest BCUT2D eigenvalue weighted by atomic mass is 19.1. The number of benzene rings is 2. The molecule has 0 bridgehead atoms. The van der Waals surface area contributed by atoms with E-state index in [1.807, 2.05) is 0 Å². The Labute approximate surface area is 138 Å². The molecule has 1 amide bonds. The SMILES string of the molecule is O=C(COc1ccccc1F)N1CC(O)CC1c1ccc(F)cc1. The van der Waals surface area contributed by atoms with Crippen molar-refractivity contribution in [2.24, 2.45) is 0 Å². The second-order valence-corrected chi connectivity index (χ2v) is 5.72. The van der Waals surface area contributed by atoms with Crippen molar-refractivity contribution in [3.05, 3.63) is 65.7 Å². The number of hydrogen-bond donors (Lipinski definition) is 1. The molecule has 3 rings (SSSR count). The Morgan fingerprint density at radius 1 is 1.17 bits per heavy atom. The van der Waals surface area contributed by atoms with Crippen LogP contribution in [0.5, 0.6) is 5.75 Å². The molecular formula is C18H17F2NO3. The summed E-state index contributed by atoms with van der Waals surface area (Å²) in [6.07, 6.45) is -0.283. The minimum Gasteiger partial charge on any atom is -0.481 e. The number of rotatable bonds is 4. The number of nitrogens with zero attached hydrogens (tertiary/aromatic N) is 1. The van der Waals surface area contributed by atoms with E-state index in [4.69, 9.17) is 4.74 Å². The second kappa shape index (κ2) is 6.97. The summed E-state index contributed by atoms with van der Waals surface area (Å²) in [4.78, 5) is 13.9. The van der Waals surface area contributed by atoms with Gasteiger partial charge in [-0.3, -0.25) is 4.79 Å². The molecule has 1 N–H and O–H groups in total. The topological polar surface area (TPSA) is 49.8 Å². The Morgan fingerprint density at radius 3 is 2.58 bits per heavy atom. The molecule has 1 fully saturated rings. The highest BCUT2D eigenvalue weighted by Gasteiger charge is 2.35. The van der Waals surface area contributed by atoms with Crippen molar-refractivity contribution in [2.45, 2.75) is 18.6 Å². The molecule has 0 spiro atoms. The summed E-state index contributed by atoms with van der Waals surface area (Å²) in [5.74, 6) is -1.26. The zero-order valence-electron chi connectivity index (χ0n) is 12.9. The molecule has 6 heteroatoms. The van der Waals surface area contributed by atoms with Crippen LogP contribution in [0.4, 0.5) is 8.78 Å². The Balaban J connectivity index is 1.70. The van der Waals surface area contributed by atoms with Gasteiger partial charge in [-0.05, 0) is 36.2 Å². The van der Waals surface area contributed by atoms with E-state index in [2.05, 4.69) is 0 Å². The normalized spacial score (nSPS) is 20.2. The third-order valence-corrected chi connectivity index (χ3v) is 4.04. The molecule has 2 aromatic rings. The van der Waals surface area contributed by atoms with Crippen LogP contribution in [0.1, 0.15) is 18.0 Å². The van der Waals surface area contributed by atoms with Gasteiger partial charge in [0.05, 0.1) is 12.1 Å². The first-order valence-corrected chi connectivity index (χ1v) is 7.65. The fourth-order valence-electron chi connectivity index (χ4n) is 2.87. The average molecular weight is 333 g/mol. The van der Waals surface area contributed by atoms with Gasteiger partial charge in [-0.15, -0.1) is 0 Å². The molecule has 0 aliphatic carbocycles. The summed E-state index contributed by atoms with van der Waals surface area (Å²) in [7, 11) is 0. The number of likely N-dealkylation sites (tertiary alicyclic amines) is 1. The molecule has 1 saturated heterocycles. The summed E-state index contributed by atoms with van der Waals surface area (Å²) in [6.45, 7) is -0.160. The van der Waals surface area contributed by atoms with E-state index in [1.165, 1.54) is 35.2 Å². The summed E-state index contributed by atoms with van der Waals surface area (Å²) in [6, 6.07) is 11.3. The van der Waals surface area contributed by atoms with Crippen molar-refractivity contribution < 1.29 is 23.4 Å². The lowest BCUT2D eigenvalue weighted by Crippen LogP contribution is -2.35. The number of carbonyl (C=O) groups is 1. The van der Waals surface area contributed by atoms with E-state index >= 15 is 0 Å². The van der Waals surface area contributed by atoms with Crippen molar-refractivity contribution in [1.82, 2.24) is 4.90 Å². The van der Waals surface area contributed by atoms with E-state index in [1.54, 1.807) is 18.2 Å². The number of β-amino-alcohol motifs (C(OH)–C–C–N with tert-alkyl or cyclic N) is 1. The van der Waals surface area contributed by atoms with Crippen LogP contribution in [0, 0.1) is 11.6 Å². The molecule has 0 saturated carbocycles. The maximum atomic E-state index is 13.5. The number of aliphatic hydroxyl groups excluding tert-OH is 1. The highest BCUT2D eigenvalue weighted by molar-refractivity contribution is 5.78. The van der Waals surface area contributed by atoms with Crippen molar-refractivity contribution in [2.75, 3.05) is 13.2 Å². The van der Waals surface area contributed by atoms with Crippen LogP contribution in [-0.4, -0.2) is 35.2 Å². The Hall–Kier alpha value is -2.47. The highest BCUT2D eigenvalue weighted by Crippen LogP contribution is 2.32. The summed E-state index contributed by atoms with van der Waals surface area (Å²) >= 11 is 0. The minimum absolute atomic E-state index is 0.00364. The van der Waals surface area contributed by atoms with Crippen LogP contribution in [0.15, 0.2) is 48.5 Å². The molecule has 2 atom stereocenters. The predicted molar refractivity (Wildman–Crippen MR) is 83.4 cm³/mol. The number of carbonyl (C=O) groups excluding carboxylic acids is 1. The fraction of sp³-hybridized carbons (Fsp3) is 0.278. The van der Waals surface area contributed by atoms with Gasteiger partial charge in [0.25, 0.3) is 5.91 Å². The van der Waals surface area contributed by atoms with Gasteiger partial charge >= 0.3 is 0 Å². The van der Waals surface area contributed by atoms with E-state index in [-0.39, 0.29) is 36.7 Å². The van der Waals surface area contributed by atoms with Crippen molar-refractivity contribution in [1.29, 1.82) is 0 Å². The molecule has 126 valence electrons. The predicted octanol–water partition coefficient (Wildman–Crippen LogP) is 2.68. The molecule has 0 radical (unpaired) electrons. The van der Waals surface area contributed by atoms with Gasteiger partial charge in [-0.25, -0.2) is 8.78 Å². The van der Waals surface area contributed by atoms with Crippen molar-refractivity contribution in [3.63, 3.8) is 0 Å². The average Bonchev–Trinajstić information content (AvgIpc) is 2.96. The number of halogens is 2. The largest absolute Gasteiger partial charge is 0.481 e. The van der Waals surface area contributed by atoms with E-state index < -0.39 is 11.9 Å². The second-order valence-electron chi connectivity index (χ2n) is 5.72. The smallest absolute Gasteiger partial charge is 0.261 e. The third kappa shape index (κ3) is 3.54. The van der Waals surface area contributed by atoms with Gasteiger partial charge in [-0.1, -0.05) is 24.3 Å². The first kappa shape index (κ1) is 16.4. The lowest BCUT2D eigenvalue weighted by molar-refractivity contribution is -0.134. The van der Waals surface area contributed by atoms with Crippen molar-refractivity contribution in [3.8, 4) is 5.75 Å². The molecule has 1 aliphatic rings. The molecule has 4 nitrogen and oxygen atoms in total. The Morgan fingerprint density at radius 2 is 1.88 bits per heavy atom. The van der Waals surface area contributed by atoms with E-state index in [0.29, 0.717) is 6.42 Å². The maximum Gasteiger partial charge on any atom is 0.261 e. The number of amides is 1. The van der Waals surface area contributed by atoms with Crippen molar-refractivity contribution >= 4 is 5.91 Å². The lowest BCUT2D eigenvalue weighted by atomic mass is 10.0. The zero-order valence-corrected chi connectivity index (χ0v) is 12.9. The van der Waals surface area contributed by atoms with Gasteiger partial charge in [0.1, 0.15) is 5.82 Å². The van der Waals surface area contributed by atoms with E-state index in [0.717, 1.165) is 5.56 Å². The van der Waals surface area contributed by atoms with Crippen LogP contribution in [-0.2, 0) is 4.79 Å². The van der Waals surface area contributed by atoms with Gasteiger partial charge in [0.15, 0.2) is 18.2 Å². The number of hydrogen-bond acceptors (Lipinski definition) is 3. The summed E-state index contributed by atoms with van der Waals surface area (Å²) < 4.78 is 31.8. The van der Waals surface area contributed by atoms with Gasteiger partial charge in [0.2, 0.25) is 0 Å². The Bertz CT molecular complexity index is 720. The molecule has 24 heavy (non-hydrogen) atoms. The summed E-state index contributed by atoms with van der Waals surface area (Å²) in [5, 5.41) is 9.90. The maximum absolute atomic E-state index is 13.5. The van der Waals surface area contributed by atoms with Crippen LogP contribution >= 0.6 is 0 Å². The first-order chi connectivity index (χ1) is 11.5. The number of para-hydroxylation sites is 1. The third-order valence-electron chi connectivity index (χ3n) is 4.04. The number of ether oxygens (including phenoxy) is 1. The van der Waals surface area contributed by atoms with Crippen LogP contribution in [0.3, 0.4) is 0 Å². The molecule has 2 aromatic carbocycles. The molecule has 2 unspecified atom stereocenters. The minimum atomic E-state index is -0.655. The summed E-state index contributed by atoms with van der Waals surface area (Å²) in [5.41, 5.74) is 0.743. The van der Waals surface area contributed by atoms with Gasteiger partial charge in [0, 0.05) is 6.54 Å². The Kier molecular flexibility index (Phi) is 4.76. The van der Waals surface area contributed by atoms with Crippen LogP contribution in [0.2, 0.25) is 0 Å². The standard InChI is InChI=1S/C18H17F2NO3/c19-13-7-5-12(6-8-13)16-9-14(22)10-21(16)18(23)11-24-17-4-2-1-3-15(17)20/h1-8,14,16,22H,9-11H2. The monoisotopic (exact) mass is 333 g/mol. The van der Waals surface area contributed by atoms with E-state index in [9.17, 15) is 18.7 Å². The quantitative estimate of drug-likeness (QED) is 0.936. The van der Waals surface area contributed by atoms with Gasteiger partial charge < -0.3 is 14.7 Å². The first-order valence-electron chi connectivity index (χ1n) is 7.65. The van der Waals surface area contributed by atoms with Crippen LogP contribution in [0.25, 0.3) is 0 Å². The zero-order chi connectivity index (χ0) is 17.1. The molecule has 0 aromatic heterocycles. The lowest BCUT2D eigenvalue weighted by Gasteiger charge is -2.24. The number of aliphatic hydroxyl groups is 1. The molecular weight excluding hydrogens is 316 g/mol. The molecule has 1 aliphatic heterocycles. The van der Waals surface area contributed by atoms with Gasteiger partial charge in [-0.2, -0.15) is 0 Å².